The van der Waals surface area contributed by atoms with Gasteiger partial charge >= 0.3 is 12.1 Å². The van der Waals surface area contributed by atoms with Crippen molar-refractivity contribution < 1.29 is 107 Å². The van der Waals surface area contributed by atoms with Crippen LogP contribution in [0, 0.1) is 29.6 Å². The van der Waals surface area contributed by atoms with E-state index in [0.717, 1.165) is 21.6 Å². The third kappa shape index (κ3) is 26.5. The number of aliphatic hydroxyl groups is 4. The van der Waals surface area contributed by atoms with E-state index in [0.29, 0.717) is 44.5 Å². The van der Waals surface area contributed by atoms with Gasteiger partial charge in [0.25, 0.3) is 0 Å². The molecule has 2 aromatic carbocycles. The van der Waals surface area contributed by atoms with Crippen LogP contribution in [0.3, 0.4) is 0 Å². The van der Waals surface area contributed by atoms with E-state index in [4.69, 9.17) is 33.2 Å². The number of likely N-dealkylation sites (N-methyl/N-ethyl adjacent to an activating group) is 2. The molecule has 0 radical (unpaired) electrons. The number of carbonyl (C=O) groups is 10. The zero-order chi connectivity index (χ0) is 85.9. The average molecular weight is 1630 g/mol. The molecule has 2 aliphatic rings. The van der Waals surface area contributed by atoms with E-state index < -0.39 is 163 Å². The normalized spacial score (nSPS) is 19.8. The first kappa shape index (κ1) is 95.8. The lowest BCUT2D eigenvalue weighted by molar-refractivity contribution is -0.271. The van der Waals surface area contributed by atoms with Crippen LogP contribution in [0.2, 0.25) is 0 Å². The molecule has 35 heteroatoms. The molecule has 116 heavy (non-hydrogen) atoms. The van der Waals surface area contributed by atoms with Crippen molar-refractivity contribution in [2.45, 2.75) is 226 Å². The third-order valence-corrected chi connectivity index (χ3v) is 21.3. The van der Waals surface area contributed by atoms with Crippen LogP contribution in [0.5, 0.6) is 5.75 Å². The molecule has 9 amide bonds. The summed E-state index contributed by atoms with van der Waals surface area (Å²) in [6.07, 6.45) is -10.4. The Balaban J connectivity index is 1.04. The van der Waals surface area contributed by atoms with E-state index in [1.54, 1.807) is 97.8 Å². The maximum atomic E-state index is 15.0. The predicted octanol–water partition coefficient (Wildman–Crippen LogP) is 2.98. The van der Waals surface area contributed by atoms with Gasteiger partial charge in [0, 0.05) is 85.1 Å². The molecule has 17 atom stereocenters. The number of aliphatic carboxylic acids is 1. The lowest BCUT2D eigenvalue weighted by Crippen LogP contribution is -2.61. The Kier molecular flexibility index (Phi) is 38.2. The van der Waals surface area contributed by atoms with E-state index in [-0.39, 0.29) is 92.9 Å². The molecule has 0 bridgehead atoms. The number of pyridine rings is 1. The first-order chi connectivity index (χ1) is 55.0. The monoisotopic (exact) mass is 1630 g/mol. The van der Waals surface area contributed by atoms with Crippen molar-refractivity contribution in [3.8, 4) is 5.75 Å². The molecule has 2 aliphatic heterocycles. The highest BCUT2D eigenvalue weighted by Crippen LogP contribution is 2.34. The quantitative estimate of drug-likeness (QED) is 0.0223. The van der Waals surface area contributed by atoms with Crippen molar-refractivity contribution in [1.82, 2.24) is 61.3 Å². The van der Waals surface area contributed by atoms with Crippen LogP contribution in [0.25, 0.3) is 11.0 Å². The summed E-state index contributed by atoms with van der Waals surface area (Å²) in [5.41, 5.74) is 5.52. The van der Waals surface area contributed by atoms with Gasteiger partial charge in [-0.1, -0.05) is 105 Å². The molecule has 2 fully saturated rings. The van der Waals surface area contributed by atoms with E-state index in [1.807, 2.05) is 55.7 Å². The van der Waals surface area contributed by atoms with Crippen molar-refractivity contribution >= 4 is 76.0 Å². The topological polar surface area (TPSA) is 451 Å². The third-order valence-electron chi connectivity index (χ3n) is 21.3. The molecule has 4 aromatic rings. The number of hydrogen-bond acceptors (Lipinski definition) is 24. The van der Waals surface area contributed by atoms with E-state index in [2.05, 4.69) is 48.4 Å². The molecule has 0 saturated carbocycles. The minimum atomic E-state index is -2.10. The Morgan fingerprint density at radius 2 is 1.39 bits per heavy atom. The molecule has 646 valence electrons. The predicted molar refractivity (Wildman–Crippen MR) is 427 cm³/mol. The lowest BCUT2D eigenvalue weighted by atomic mass is 9.89. The summed E-state index contributed by atoms with van der Waals surface area (Å²) >= 11 is 0. The Morgan fingerprint density at radius 1 is 0.707 bits per heavy atom. The Bertz CT molecular complexity index is 3870. The van der Waals surface area contributed by atoms with Gasteiger partial charge in [0.05, 0.1) is 87.4 Å². The highest BCUT2D eigenvalue weighted by molar-refractivity contribution is 5.99. The summed E-state index contributed by atoms with van der Waals surface area (Å²) in [7, 11) is 9.64. The number of carboxylic acid groups (broad SMARTS) is 1. The summed E-state index contributed by atoms with van der Waals surface area (Å²) in [6, 6.07) is 12.2. The average Bonchev–Trinajstić information content (AvgIpc) is 1.61. The number of benzene rings is 2. The number of hydrazine groups is 1. The lowest BCUT2D eigenvalue weighted by Gasteiger charge is -2.41. The first-order valence-corrected chi connectivity index (χ1v) is 39.7. The maximum absolute atomic E-state index is 15.0. The number of aliphatic hydroxyl groups excluding tert-OH is 4. The summed E-state index contributed by atoms with van der Waals surface area (Å²) in [6.45, 7) is 20.6. The number of likely N-dealkylation sites (tertiary alicyclic amines) is 1. The molecule has 0 spiro atoms. The zero-order valence-electron chi connectivity index (χ0n) is 69.9. The fraction of sp³-hybridized carbons (Fsp3) is 0.642. The van der Waals surface area contributed by atoms with Gasteiger partial charge in [0.15, 0.2) is 6.10 Å². The summed E-state index contributed by atoms with van der Waals surface area (Å²) in [5, 5.41) is 72.5. The Hall–Kier alpha value is -9.01. The van der Waals surface area contributed by atoms with Gasteiger partial charge in [0.1, 0.15) is 60.5 Å². The van der Waals surface area contributed by atoms with Crippen LogP contribution in [0.1, 0.15) is 138 Å². The van der Waals surface area contributed by atoms with E-state index in [9.17, 15) is 73.5 Å². The summed E-state index contributed by atoms with van der Waals surface area (Å²) in [4.78, 5) is 147. The van der Waals surface area contributed by atoms with Crippen LogP contribution in [0.15, 0.2) is 72.9 Å². The number of ether oxygens (including phenoxy) is 7. The number of nitrogens with zero attached hydrogens (tertiary/aromatic N) is 6. The smallest absolute Gasteiger partial charge is 0.410 e. The van der Waals surface area contributed by atoms with Crippen molar-refractivity contribution in [1.29, 1.82) is 0 Å². The number of carbonyl (C=O) groups excluding carboxylic acids is 9. The molecule has 35 nitrogen and oxygen atoms in total. The molecule has 2 saturated heterocycles. The molecular formula is C81H125N13O22. The standard InChI is InChI=1S/C81H125N13O22/c1-18-48(8)66(59(110-16)42-62(97)94-34-23-27-57(94)71(111-17)49(9)74(102)85-50(10)67(98)53-24-20-19-21-25-53)91(14)78(106)64(46(4)5)89-77(105)65(47(6)7)92(15)81(109)114-44-52-28-29-56(58(40-52)115-80-70(101)68(99)69(100)72(116-80)79(107)108)87-75(103)51(11)86-76(104)63(45(2)3)88-61(96)31-36-112-38-39-113-37-33-83-60(95)30-35-93-55(43-90(13)82-12)41-54-26-22-32-84-73(54)93/h19-22,24-26,28-29,32,40-41,45-51,57,59,63-72,80,82,98-101H,18,23,27,30-31,33-39,42-44H2,1-17H3,(H,83,95)(H,85,102)(H,86,104)(H,87,103)(H,88,96)(H,89,105)(H,107,108)/t48-,49+,50+,51-,57-,59+,63-,64-,65-,66-,67+,68-,69-,70+,71+,72-,80+/m0/s1. The van der Waals surface area contributed by atoms with E-state index in [1.165, 1.54) is 51.3 Å². The molecule has 12 N–H and O–H groups in total. The van der Waals surface area contributed by atoms with Crippen molar-refractivity contribution in [3.05, 3.63) is 89.7 Å². The number of nitrogens with one attached hydrogen (secondary N) is 7. The number of fused-ring (bicyclic) bond motifs is 1. The summed E-state index contributed by atoms with van der Waals surface area (Å²) < 4.78 is 42.4. The largest absolute Gasteiger partial charge is 0.479 e. The number of aromatic nitrogens is 2. The molecular weight excluding hydrogens is 1510 g/mol. The maximum Gasteiger partial charge on any atom is 0.410 e. The van der Waals surface area contributed by atoms with Gasteiger partial charge in [0.2, 0.25) is 53.5 Å². The van der Waals surface area contributed by atoms with Crippen LogP contribution in [-0.4, -0.2) is 281 Å². The number of carboxylic acids is 1. The SMILES string of the molecule is CC[C@H](C)[C@@H]([C@@H](CC(=O)N1CCC[C@H]1[C@H](OC)[C@@H](C)C(=O)N[C@H](C)[C@@H](O)c1ccccc1)OC)N(C)C(=O)[C@@H](NC(=O)[C@H](C(C)C)N(C)C(=O)OCc1ccc(NC(=O)[C@H](C)NC(=O)[C@@H](NC(=O)CCOCCOCCNC(=O)CCn2c(CN(C)NC)cc3cccnc32)C(C)C)c(O[C@@H]2O[C@H](C(=O)O)[C@@H](O)[C@H](O)[C@H]2O)c1)C(C)C. The number of anilines is 1. The fourth-order valence-electron chi connectivity index (χ4n) is 14.4. The molecule has 0 unspecified atom stereocenters. The van der Waals surface area contributed by atoms with Crippen LogP contribution >= 0.6 is 0 Å². The van der Waals surface area contributed by atoms with Crippen molar-refractivity contribution in [2.75, 3.05) is 87.2 Å². The molecule has 6 rings (SSSR count). The number of hydrogen-bond donors (Lipinski definition) is 12. The molecule has 0 aliphatic carbocycles. The van der Waals surface area contributed by atoms with Crippen LogP contribution < -0.4 is 42.1 Å². The van der Waals surface area contributed by atoms with Gasteiger partial charge in [-0.2, -0.15) is 0 Å². The highest BCUT2D eigenvalue weighted by atomic mass is 16.7. The van der Waals surface area contributed by atoms with Crippen molar-refractivity contribution in [3.63, 3.8) is 0 Å². The van der Waals surface area contributed by atoms with Gasteiger partial charge in [-0.25, -0.2) is 19.6 Å². The first-order valence-electron chi connectivity index (χ1n) is 39.7. The Morgan fingerprint density at radius 3 is 2.02 bits per heavy atom. The second-order valence-corrected chi connectivity index (χ2v) is 30.9. The van der Waals surface area contributed by atoms with Crippen LogP contribution in [-0.2, 0) is 91.3 Å². The van der Waals surface area contributed by atoms with Gasteiger partial charge in [-0.15, -0.1) is 0 Å². The minimum Gasteiger partial charge on any atom is -0.479 e. The van der Waals surface area contributed by atoms with Gasteiger partial charge in [-0.05, 0) is 98.9 Å². The molecule has 2 aromatic heterocycles. The van der Waals surface area contributed by atoms with E-state index >= 15 is 0 Å². The Labute approximate surface area is 679 Å². The highest BCUT2D eigenvalue weighted by Gasteiger charge is 2.49. The van der Waals surface area contributed by atoms with Gasteiger partial charge in [-0.3, -0.25) is 48.7 Å². The number of aryl methyl sites for hydroxylation is 1. The zero-order valence-corrected chi connectivity index (χ0v) is 69.9. The second kappa shape index (κ2) is 46.2. The second-order valence-electron chi connectivity index (χ2n) is 30.9. The van der Waals surface area contributed by atoms with Crippen LogP contribution in [0.4, 0.5) is 10.5 Å². The fourth-order valence-corrected chi connectivity index (χ4v) is 14.4. The number of rotatable bonds is 46. The number of methoxy groups -OCH3 is 2. The van der Waals surface area contributed by atoms with Crippen molar-refractivity contribution in [2.24, 2.45) is 29.6 Å². The summed E-state index contributed by atoms with van der Waals surface area (Å²) in [5.74, 6) is -8.65. The number of amides is 9. The molecule has 4 heterocycles. The minimum absolute atomic E-state index is 0.0177. The van der Waals surface area contributed by atoms with Gasteiger partial charge < -0.3 is 105 Å².